The summed E-state index contributed by atoms with van der Waals surface area (Å²) in [6.07, 6.45) is 0. The van der Waals surface area contributed by atoms with Crippen LogP contribution < -0.4 is 0 Å². The van der Waals surface area contributed by atoms with E-state index in [9.17, 15) is 0 Å². The molecule has 1 aromatic heterocycles. The van der Waals surface area contributed by atoms with E-state index in [4.69, 9.17) is 21.4 Å². The fraction of sp³-hybridized carbons (Fsp3) is 0.250. The number of rotatable bonds is 6. The summed E-state index contributed by atoms with van der Waals surface area (Å²) < 4.78 is 5.09. The molecule has 0 spiro atoms. The van der Waals surface area contributed by atoms with Crippen molar-refractivity contribution in [3.63, 3.8) is 0 Å². The lowest BCUT2D eigenvalue weighted by molar-refractivity contribution is 0.386. The molecule has 2 aromatic rings. The summed E-state index contributed by atoms with van der Waals surface area (Å²) in [6, 6.07) is 9.68. The van der Waals surface area contributed by atoms with Crippen LogP contribution in [0.4, 0.5) is 0 Å². The molecule has 2 rings (SSSR count). The van der Waals surface area contributed by atoms with E-state index in [1.165, 1.54) is 11.8 Å². The Bertz CT molecular complexity index is 582. The zero-order valence-electron chi connectivity index (χ0n) is 9.88. The molecule has 0 saturated carbocycles. The summed E-state index contributed by atoms with van der Waals surface area (Å²) >= 11 is 8.96. The van der Waals surface area contributed by atoms with Gasteiger partial charge in [0, 0.05) is 9.92 Å². The summed E-state index contributed by atoms with van der Waals surface area (Å²) in [7, 11) is 0. The van der Waals surface area contributed by atoms with E-state index in [1.54, 1.807) is 11.8 Å². The van der Waals surface area contributed by atoms with Gasteiger partial charge in [-0.2, -0.15) is 10.2 Å². The zero-order chi connectivity index (χ0) is 13.5. The van der Waals surface area contributed by atoms with E-state index in [-0.39, 0.29) is 0 Å². The van der Waals surface area contributed by atoms with Gasteiger partial charge in [-0.25, -0.2) is 0 Å². The zero-order valence-corrected chi connectivity index (χ0v) is 12.3. The van der Waals surface area contributed by atoms with Gasteiger partial charge >= 0.3 is 0 Å². The van der Waals surface area contributed by atoms with Gasteiger partial charge in [0.2, 0.25) is 5.89 Å². The fourth-order valence-corrected chi connectivity index (χ4v) is 2.83. The largest absolute Gasteiger partial charge is 0.338 e. The fourth-order valence-electron chi connectivity index (χ4n) is 1.30. The number of thioether (sulfide) groups is 2. The maximum Gasteiger partial charge on any atom is 0.236 e. The molecule has 1 heterocycles. The van der Waals surface area contributed by atoms with E-state index < -0.39 is 0 Å². The Morgan fingerprint density at radius 3 is 3.05 bits per heavy atom. The number of nitrogens with zero attached hydrogens (tertiary/aromatic N) is 3. The molecule has 7 heteroatoms. The molecule has 1 aromatic carbocycles. The van der Waals surface area contributed by atoms with Crippen molar-refractivity contribution in [1.82, 2.24) is 10.1 Å². The molecule has 0 saturated heterocycles. The Hall–Kier alpha value is -1.16. The molecule has 19 heavy (non-hydrogen) atoms. The number of hydrogen-bond acceptors (Lipinski definition) is 6. The molecular weight excluding hydrogens is 302 g/mol. The van der Waals surface area contributed by atoms with Crippen LogP contribution in [0.15, 0.2) is 33.7 Å². The molecule has 0 aliphatic carbocycles. The van der Waals surface area contributed by atoms with Crippen LogP contribution in [-0.2, 0) is 11.5 Å². The Morgan fingerprint density at radius 1 is 1.37 bits per heavy atom. The second-order valence-electron chi connectivity index (χ2n) is 3.50. The quantitative estimate of drug-likeness (QED) is 0.597. The highest BCUT2D eigenvalue weighted by Gasteiger charge is 2.07. The molecule has 0 N–H and O–H groups in total. The highest BCUT2D eigenvalue weighted by Crippen LogP contribution is 2.24. The summed E-state index contributed by atoms with van der Waals surface area (Å²) in [6.45, 7) is 0. The highest BCUT2D eigenvalue weighted by molar-refractivity contribution is 7.98. The van der Waals surface area contributed by atoms with E-state index in [0.717, 1.165) is 4.90 Å². The van der Waals surface area contributed by atoms with Crippen molar-refractivity contribution in [2.24, 2.45) is 0 Å². The van der Waals surface area contributed by atoms with Gasteiger partial charge in [-0.15, -0.1) is 23.5 Å². The van der Waals surface area contributed by atoms with Gasteiger partial charge in [-0.1, -0.05) is 22.8 Å². The first kappa shape index (κ1) is 14.3. The van der Waals surface area contributed by atoms with Crippen molar-refractivity contribution in [3.8, 4) is 6.07 Å². The second kappa shape index (κ2) is 7.43. The topological polar surface area (TPSA) is 62.7 Å². The third-order valence-electron chi connectivity index (χ3n) is 2.07. The lowest BCUT2D eigenvalue weighted by Gasteiger charge is -1.98. The summed E-state index contributed by atoms with van der Waals surface area (Å²) in [5.74, 6) is 2.84. The minimum atomic E-state index is 0.426. The third kappa shape index (κ3) is 4.78. The third-order valence-corrected chi connectivity index (χ3v) is 4.08. The molecular formula is C12H10ClN3OS2. The monoisotopic (exact) mass is 311 g/mol. The van der Waals surface area contributed by atoms with E-state index >= 15 is 0 Å². The van der Waals surface area contributed by atoms with E-state index in [2.05, 4.69) is 16.2 Å². The first-order chi connectivity index (χ1) is 9.28. The van der Waals surface area contributed by atoms with Crippen molar-refractivity contribution < 1.29 is 4.52 Å². The molecule has 0 aliphatic rings. The first-order valence-electron chi connectivity index (χ1n) is 5.42. The molecule has 0 unspecified atom stereocenters. The van der Waals surface area contributed by atoms with Crippen LogP contribution in [-0.4, -0.2) is 15.9 Å². The predicted molar refractivity (Wildman–Crippen MR) is 77.1 cm³/mol. The number of halogens is 1. The van der Waals surface area contributed by atoms with Crippen molar-refractivity contribution in [2.75, 3.05) is 5.75 Å². The Morgan fingerprint density at radius 2 is 2.26 bits per heavy atom. The average Bonchev–Trinajstić information content (AvgIpc) is 2.85. The van der Waals surface area contributed by atoms with Crippen LogP contribution in [0.3, 0.4) is 0 Å². The van der Waals surface area contributed by atoms with Crippen LogP contribution in [0.1, 0.15) is 11.7 Å². The Labute approximate surface area is 124 Å². The lowest BCUT2D eigenvalue weighted by atomic mass is 10.4. The Kier molecular flexibility index (Phi) is 5.58. The van der Waals surface area contributed by atoms with Crippen LogP contribution in [0.2, 0.25) is 5.02 Å². The summed E-state index contributed by atoms with van der Waals surface area (Å²) in [5.41, 5.74) is 0. The molecule has 0 radical (unpaired) electrons. The molecule has 0 atom stereocenters. The summed E-state index contributed by atoms with van der Waals surface area (Å²) in [5, 5.41) is 13.0. The van der Waals surface area contributed by atoms with Gasteiger partial charge in [0.1, 0.15) is 0 Å². The molecule has 0 fully saturated rings. The number of hydrogen-bond donors (Lipinski definition) is 0. The average molecular weight is 312 g/mol. The van der Waals surface area contributed by atoms with Gasteiger partial charge in [-0.3, -0.25) is 0 Å². The number of aromatic nitrogens is 2. The van der Waals surface area contributed by atoms with E-state index in [1.807, 2.05) is 24.3 Å². The number of benzene rings is 1. The minimum absolute atomic E-state index is 0.426. The van der Waals surface area contributed by atoms with Crippen LogP contribution in [0.5, 0.6) is 0 Å². The van der Waals surface area contributed by atoms with Gasteiger partial charge in [0.15, 0.2) is 5.82 Å². The smallest absolute Gasteiger partial charge is 0.236 e. The van der Waals surface area contributed by atoms with Gasteiger partial charge in [-0.05, 0) is 18.2 Å². The SMILES string of the molecule is N#CCSCc1nc(CSc2cccc(Cl)c2)no1. The highest BCUT2D eigenvalue weighted by atomic mass is 35.5. The molecule has 0 bridgehead atoms. The van der Waals surface area contributed by atoms with Gasteiger partial charge in [0.25, 0.3) is 0 Å². The molecule has 0 aliphatic heterocycles. The minimum Gasteiger partial charge on any atom is -0.338 e. The van der Waals surface area contributed by atoms with Crippen LogP contribution in [0, 0.1) is 11.3 Å². The van der Waals surface area contributed by atoms with Crippen molar-refractivity contribution in [3.05, 3.63) is 41.0 Å². The Balaban J connectivity index is 1.85. The van der Waals surface area contributed by atoms with Crippen LogP contribution in [0.25, 0.3) is 0 Å². The maximum absolute atomic E-state index is 8.43. The van der Waals surface area contributed by atoms with Crippen molar-refractivity contribution in [1.29, 1.82) is 5.26 Å². The van der Waals surface area contributed by atoms with Crippen LogP contribution >= 0.6 is 35.1 Å². The molecule has 98 valence electrons. The van der Waals surface area contributed by atoms with Crippen molar-refractivity contribution in [2.45, 2.75) is 16.4 Å². The second-order valence-corrected chi connectivity index (χ2v) is 5.97. The van der Waals surface area contributed by atoms with E-state index in [0.29, 0.717) is 34.0 Å². The maximum atomic E-state index is 8.43. The standard InChI is InChI=1S/C12H10ClN3OS2/c13-9-2-1-3-10(6-9)19-7-11-15-12(17-16-11)8-18-5-4-14/h1-3,6H,5,7-8H2. The first-order valence-corrected chi connectivity index (χ1v) is 7.94. The molecule has 4 nitrogen and oxygen atoms in total. The summed E-state index contributed by atoms with van der Waals surface area (Å²) in [4.78, 5) is 5.33. The van der Waals surface area contributed by atoms with Gasteiger partial charge in [0.05, 0.1) is 23.3 Å². The number of nitriles is 1. The lowest BCUT2D eigenvalue weighted by Crippen LogP contribution is -1.86. The normalized spacial score (nSPS) is 10.3. The molecule has 0 amide bonds. The van der Waals surface area contributed by atoms with Gasteiger partial charge < -0.3 is 4.52 Å². The predicted octanol–water partition coefficient (Wildman–Crippen LogP) is 3.77. The van der Waals surface area contributed by atoms with Crippen molar-refractivity contribution >= 4 is 35.1 Å².